The van der Waals surface area contributed by atoms with Crippen molar-refractivity contribution in [3.8, 4) is 5.88 Å². The largest absolute Gasteiger partial charge is 0.481 e. The SMILES string of the molecule is [CH2]Cc1nc(OC)ccc1CCl. The van der Waals surface area contributed by atoms with Gasteiger partial charge < -0.3 is 4.74 Å². The molecule has 0 amide bonds. The quantitative estimate of drug-likeness (QED) is 0.672. The second-order valence-corrected chi connectivity index (χ2v) is 2.61. The Hall–Kier alpha value is -0.760. The highest BCUT2D eigenvalue weighted by atomic mass is 35.5. The molecule has 0 aliphatic heterocycles. The van der Waals surface area contributed by atoms with Gasteiger partial charge in [0.2, 0.25) is 5.88 Å². The van der Waals surface area contributed by atoms with Crippen LogP contribution in [0.2, 0.25) is 0 Å². The average molecular weight is 185 g/mol. The summed E-state index contributed by atoms with van der Waals surface area (Å²) in [6.45, 7) is 3.76. The lowest BCUT2D eigenvalue weighted by Gasteiger charge is -2.05. The zero-order chi connectivity index (χ0) is 8.97. The van der Waals surface area contributed by atoms with Gasteiger partial charge in [-0.05, 0) is 18.9 Å². The van der Waals surface area contributed by atoms with Crippen LogP contribution in [0.15, 0.2) is 12.1 Å². The van der Waals surface area contributed by atoms with E-state index in [0.717, 1.165) is 11.3 Å². The summed E-state index contributed by atoms with van der Waals surface area (Å²) in [5.41, 5.74) is 1.93. The topological polar surface area (TPSA) is 22.1 Å². The number of methoxy groups -OCH3 is 1. The molecule has 0 aliphatic carbocycles. The summed E-state index contributed by atoms with van der Waals surface area (Å²) in [7, 11) is 1.59. The molecule has 65 valence electrons. The molecule has 2 nitrogen and oxygen atoms in total. The van der Waals surface area contributed by atoms with Crippen molar-refractivity contribution in [2.45, 2.75) is 12.3 Å². The first kappa shape index (κ1) is 9.33. The van der Waals surface area contributed by atoms with Crippen molar-refractivity contribution in [2.75, 3.05) is 7.11 Å². The van der Waals surface area contributed by atoms with Crippen LogP contribution < -0.4 is 4.74 Å². The fraction of sp³-hybridized carbons (Fsp3) is 0.333. The zero-order valence-corrected chi connectivity index (χ0v) is 7.77. The van der Waals surface area contributed by atoms with Crippen molar-refractivity contribution in [3.05, 3.63) is 30.3 Å². The lowest BCUT2D eigenvalue weighted by Crippen LogP contribution is -1.96. The number of pyridine rings is 1. The van der Waals surface area contributed by atoms with Crippen LogP contribution >= 0.6 is 11.6 Å². The van der Waals surface area contributed by atoms with Crippen molar-refractivity contribution in [2.24, 2.45) is 0 Å². The van der Waals surface area contributed by atoms with Gasteiger partial charge in [-0.2, -0.15) is 0 Å². The Kier molecular flexibility index (Phi) is 3.35. The highest BCUT2D eigenvalue weighted by Crippen LogP contribution is 2.14. The van der Waals surface area contributed by atoms with E-state index in [1.54, 1.807) is 13.2 Å². The van der Waals surface area contributed by atoms with E-state index in [1.807, 2.05) is 6.07 Å². The first-order valence-corrected chi connectivity index (χ1v) is 4.23. The maximum atomic E-state index is 5.70. The minimum atomic E-state index is 0.474. The predicted molar refractivity (Wildman–Crippen MR) is 49.4 cm³/mol. The Morgan fingerprint density at radius 3 is 2.83 bits per heavy atom. The van der Waals surface area contributed by atoms with Crippen LogP contribution in [-0.2, 0) is 12.3 Å². The number of ether oxygens (including phenoxy) is 1. The van der Waals surface area contributed by atoms with Crippen LogP contribution in [0.4, 0.5) is 0 Å². The summed E-state index contributed by atoms with van der Waals surface area (Å²) < 4.78 is 4.97. The standard InChI is InChI=1S/C9H11ClNO/c1-3-8-7(6-10)4-5-9(11-8)12-2/h4-5H,1,3,6H2,2H3. The van der Waals surface area contributed by atoms with E-state index >= 15 is 0 Å². The molecule has 3 heteroatoms. The molecule has 1 radical (unpaired) electrons. The fourth-order valence-corrected chi connectivity index (χ4v) is 1.21. The molecule has 0 aliphatic rings. The molecule has 0 spiro atoms. The van der Waals surface area contributed by atoms with E-state index in [4.69, 9.17) is 16.3 Å². The zero-order valence-electron chi connectivity index (χ0n) is 7.01. The normalized spacial score (nSPS) is 9.92. The summed E-state index contributed by atoms with van der Waals surface area (Å²) in [6, 6.07) is 3.72. The second-order valence-electron chi connectivity index (χ2n) is 2.34. The summed E-state index contributed by atoms with van der Waals surface area (Å²) in [5.74, 6) is 1.09. The summed E-state index contributed by atoms with van der Waals surface area (Å²) in [4.78, 5) is 4.21. The maximum Gasteiger partial charge on any atom is 0.213 e. The van der Waals surface area contributed by atoms with Gasteiger partial charge in [0, 0.05) is 17.6 Å². The van der Waals surface area contributed by atoms with Crippen molar-refractivity contribution in [3.63, 3.8) is 0 Å². The smallest absolute Gasteiger partial charge is 0.213 e. The third kappa shape index (κ3) is 1.89. The summed E-state index contributed by atoms with van der Waals surface area (Å²) >= 11 is 5.70. The van der Waals surface area contributed by atoms with Gasteiger partial charge in [0.25, 0.3) is 0 Å². The molecule has 0 saturated carbocycles. The van der Waals surface area contributed by atoms with Gasteiger partial charge in [-0.15, -0.1) is 11.6 Å². The van der Waals surface area contributed by atoms with Gasteiger partial charge in [-0.1, -0.05) is 6.07 Å². The lowest BCUT2D eigenvalue weighted by atomic mass is 10.2. The highest BCUT2D eigenvalue weighted by molar-refractivity contribution is 6.17. The lowest BCUT2D eigenvalue weighted by molar-refractivity contribution is 0.396. The van der Waals surface area contributed by atoms with E-state index in [-0.39, 0.29) is 0 Å². The van der Waals surface area contributed by atoms with E-state index in [1.165, 1.54) is 0 Å². The second kappa shape index (κ2) is 4.31. The van der Waals surface area contributed by atoms with Crippen LogP contribution in [0.5, 0.6) is 5.88 Å². The van der Waals surface area contributed by atoms with Gasteiger partial charge in [-0.25, -0.2) is 4.98 Å². The van der Waals surface area contributed by atoms with E-state index < -0.39 is 0 Å². The van der Waals surface area contributed by atoms with E-state index in [2.05, 4.69) is 11.9 Å². The molecule has 0 N–H and O–H groups in total. The third-order valence-corrected chi connectivity index (χ3v) is 1.92. The first-order chi connectivity index (χ1) is 5.81. The summed E-state index contributed by atoms with van der Waals surface area (Å²) in [5, 5.41) is 0. The highest BCUT2D eigenvalue weighted by Gasteiger charge is 2.02. The number of alkyl halides is 1. The average Bonchev–Trinajstić information content (AvgIpc) is 2.16. The molecule has 0 bridgehead atoms. The molecule has 1 heterocycles. The molecule has 0 unspecified atom stereocenters. The summed E-state index contributed by atoms with van der Waals surface area (Å²) in [6.07, 6.45) is 0.638. The number of hydrogen-bond acceptors (Lipinski definition) is 2. The minimum Gasteiger partial charge on any atom is -0.481 e. The molecular formula is C9H11ClNO. The van der Waals surface area contributed by atoms with Crippen LogP contribution in [-0.4, -0.2) is 12.1 Å². The molecule has 0 saturated heterocycles. The van der Waals surface area contributed by atoms with Crippen molar-refractivity contribution in [1.29, 1.82) is 0 Å². The van der Waals surface area contributed by atoms with Gasteiger partial charge in [0.15, 0.2) is 0 Å². The van der Waals surface area contributed by atoms with Crippen LogP contribution in [0, 0.1) is 6.92 Å². The van der Waals surface area contributed by atoms with Gasteiger partial charge in [0.1, 0.15) is 0 Å². The van der Waals surface area contributed by atoms with E-state index in [0.29, 0.717) is 18.2 Å². The fourth-order valence-electron chi connectivity index (χ4n) is 0.962. The number of halogens is 1. The van der Waals surface area contributed by atoms with Gasteiger partial charge in [0.05, 0.1) is 7.11 Å². The Balaban J connectivity index is 3.02. The van der Waals surface area contributed by atoms with Crippen molar-refractivity contribution in [1.82, 2.24) is 4.98 Å². The number of hydrogen-bond donors (Lipinski definition) is 0. The number of nitrogens with zero attached hydrogens (tertiary/aromatic N) is 1. The van der Waals surface area contributed by atoms with Crippen molar-refractivity contribution < 1.29 is 4.74 Å². The van der Waals surface area contributed by atoms with Crippen LogP contribution in [0.1, 0.15) is 11.3 Å². The molecule has 0 aromatic carbocycles. The maximum absolute atomic E-state index is 5.70. The first-order valence-electron chi connectivity index (χ1n) is 3.69. The number of aromatic nitrogens is 1. The molecule has 1 aromatic rings. The van der Waals surface area contributed by atoms with Gasteiger partial charge >= 0.3 is 0 Å². The van der Waals surface area contributed by atoms with Gasteiger partial charge in [-0.3, -0.25) is 0 Å². The Morgan fingerprint density at radius 2 is 2.33 bits per heavy atom. The monoisotopic (exact) mass is 184 g/mol. The molecule has 1 aromatic heterocycles. The molecule has 12 heavy (non-hydrogen) atoms. The molecule has 1 rings (SSSR count). The third-order valence-electron chi connectivity index (χ3n) is 1.63. The molecule has 0 atom stereocenters. The molecule has 0 fully saturated rings. The Bertz CT molecular complexity index is 263. The predicted octanol–water partition coefficient (Wildman–Crippen LogP) is 2.21. The van der Waals surface area contributed by atoms with E-state index in [9.17, 15) is 0 Å². The Morgan fingerprint density at radius 1 is 1.58 bits per heavy atom. The van der Waals surface area contributed by atoms with Crippen molar-refractivity contribution >= 4 is 11.6 Å². The minimum absolute atomic E-state index is 0.474. The van der Waals surface area contributed by atoms with Crippen LogP contribution in [0.25, 0.3) is 0 Å². The Labute approximate surface area is 77.5 Å². The molecular weight excluding hydrogens is 174 g/mol. The van der Waals surface area contributed by atoms with Crippen LogP contribution in [0.3, 0.4) is 0 Å². The number of rotatable bonds is 3.